The van der Waals surface area contributed by atoms with Crippen molar-refractivity contribution in [3.05, 3.63) is 58.5 Å². The van der Waals surface area contributed by atoms with Crippen LogP contribution in [-0.4, -0.2) is 39.1 Å². The third-order valence-corrected chi connectivity index (χ3v) is 5.59. The molecule has 1 atom stereocenters. The number of aromatic nitrogens is 1. The summed E-state index contributed by atoms with van der Waals surface area (Å²) in [5.41, 5.74) is -2.81. The fourth-order valence-electron chi connectivity index (χ4n) is 3.64. The molecule has 1 saturated heterocycles. The second-order valence-electron chi connectivity index (χ2n) is 7.53. The van der Waals surface area contributed by atoms with Crippen molar-refractivity contribution in [2.75, 3.05) is 11.4 Å². The maximum absolute atomic E-state index is 14.3. The molecule has 0 spiro atoms. The first-order valence-corrected chi connectivity index (χ1v) is 9.71. The van der Waals surface area contributed by atoms with E-state index in [1.807, 2.05) is 0 Å². The molecular formula is C20H16ClF4N3O3. The number of hydrogen-bond acceptors (Lipinski definition) is 4. The van der Waals surface area contributed by atoms with Crippen molar-refractivity contribution < 1.29 is 32.3 Å². The molecule has 2 heterocycles. The summed E-state index contributed by atoms with van der Waals surface area (Å²) in [6.07, 6.45) is -2.48. The third-order valence-electron chi connectivity index (χ3n) is 5.38. The van der Waals surface area contributed by atoms with Crippen molar-refractivity contribution in [1.29, 1.82) is 0 Å². The molecule has 1 aromatic heterocycles. The van der Waals surface area contributed by atoms with Crippen LogP contribution in [0.3, 0.4) is 0 Å². The molecule has 2 amide bonds. The first-order valence-electron chi connectivity index (χ1n) is 9.34. The van der Waals surface area contributed by atoms with Gasteiger partial charge in [-0.1, -0.05) is 23.7 Å². The highest BCUT2D eigenvalue weighted by molar-refractivity contribution is 6.30. The summed E-state index contributed by atoms with van der Waals surface area (Å²) < 4.78 is 52.7. The number of hydrogen-bond donors (Lipinski definition) is 1. The minimum absolute atomic E-state index is 0.00146. The van der Waals surface area contributed by atoms with Gasteiger partial charge in [0.1, 0.15) is 6.54 Å². The van der Waals surface area contributed by atoms with Gasteiger partial charge in [0.25, 0.3) is 5.91 Å². The van der Waals surface area contributed by atoms with Gasteiger partial charge in [0.15, 0.2) is 11.6 Å². The van der Waals surface area contributed by atoms with E-state index in [0.717, 1.165) is 34.2 Å². The van der Waals surface area contributed by atoms with E-state index >= 15 is 0 Å². The molecule has 11 heteroatoms. The van der Waals surface area contributed by atoms with Gasteiger partial charge in [0, 0.05) is 18.7 Å². The van der Waals surface area contributed by atoms with Crippen molar-refractivity contribution in [2.24, 2.45) is 5.92 Å². The summed E-state index contributed by atoms with van der Waals surface area (Å²) in [6.45, 7) is -0.861. The first kappa shape index (κ1) is 21.5. The number of rotatable bonds is 4. The number of alkyl halides is 3. The Morgan fingerprint density at radius 1 is 1.19 bits per heavy atom. The Kier molecular flexibility index (Phi) is 5.17. The van der Waals surface area contributed by atoms with Crippen molar-refractivity contribution in [3.8, 4) is 0 Å². The van der Waals surface area contributed by atoms with Crippen LogP contribution in [0.25, 0.3) is 0 Å². The van der Waals surface area contributed by atoms with Crippen LogP contribution < -0.4 is 4.90 Å². The molecule has 2 fully saturated rings. The fraction of sp³-hybridized carbons (Fsp3) is 0.350. The lowest BCUT2D eigenvalue weighted by Gasteiger charge is -2.45. The minimum atomic E-state index is -4.51. The second-order valence-corrected chi connectivity index (χ2v) is 7.96. The number of amides is 2. The number of carbonyl (C=O) groups is 2. The number of pyridine rings is 1. The van der Waals surface area contributed by atoms with Crippen molar-refractivity contribution >= 4 is 29.2 Å². The largest absolute Gasteiger partial charge is 0.416 e. The smallest absolute Gasteiger partial charge is 0.363 e. The van der Waals surface area contributed by atoms with E-state index in [9.17, 15) is 32.3 Å². The normalized spacial score (nSPS) is 22.3. The highest BCUT2D eigenvalue weighted by Crippen LogP contribution is 2.45. The van der Waals surface area contributed by atoms with Gasteiger partial charge in [-0.2, -0.15) is 13.2 Å². The molecule has 1 aromatic carbocycles. The fourth-order valence-corrected chi connectivity index (χ4v) is 3.79. The summed E-state index contributed by atoms with van der Waals surface area (Å²) in [5.74, 6) is -3.55. The standard InChI is InChI=1S/C20H16ClF4N3O3/c21-14-7-15(22)17(26-8-14)27-10-16(29)28(19(31,18(27)30)12-5-6-12)9-11-1-3-13(4-2-11)20(23,24)25/h1-4,7-8,12,31H,5-6,9-10H2/t19-/m0/s1. The van der Waals surface area contributed by atoms with Gasteiger partial charge in [-0.15, -0.1) is 0 Å². The zero-order chi connectivity index (χ0) is 22.6. The monoisotopic (exact) mass is 457 g/mol. The first-order chi connectivity index (χ1) is 14.5. The van der Waals surface area contributed by atoms with Crippen LogP contribution in [0.15, 0.2) is 36.5 Å². The Balaban J connectivity index is 1.65. The zero-order valence-electron chi connectivity index (χ0n) is 15.9. The average Bonchev–Trinajstić information content (AvgIpc) is 3.54. The number of halogens is 5. The van der Waals surface area contributed by atoms with Crippen LogP contribution in [-0.2, 0) is 22.3 Å². The molecule has 0 unspecified atom stereocenters. The summed E-state index contributed by atoms with van der Waals surface area (Å²) in [7, 11) is 0. The minimum Gasteiger partial charge on any atom is -0.363 e. The van der Waals surface area contributed by atoms with Gasteiger partial charge in [-0.3, -0.25) is 14.5 Å². The van der Waals surface area contributed by atoms with Gasteiger partial charge in [0.05, 0.1) is 10.6 Å². The lowest BCUT2D eigenvalue weighted by Crippen LogP contribution is -2.69. The summed E-state index contributed by atoms with van der Waals surface area (Å²) in [4.78, 5) is 31.6. The Labute approximate surface area is 179 Å². The molecule has 1 aliphatic heterocycles. The second kappa shape index (κ2) is 7.45. The number of piperazine rings is 1. The van der Waals surface area contributed by atoms with Crippen molar-refractivity contribution in [1.82, 2.24) is 9.88 Å². The maximum atomic E-state index is 14.3. The Morgan fingerprint density at radius 2 is 1.84 bits per heavy atom. The van der Waals surface area contributed by atoms with Gasteiger partial charge >= 0.3 is 6.18 Å². The lowest BCUT2D eigenvalue weighted by atomic mass is 9.98. The van der Waals surface area contributed by atoms with Crippen molar-refractivity contribution in [3.63, 3.8) is 0 Å². The molecule has 1 N–H and O–H groups in total. The Bertz CT molecular complexity index is 1040. The number of anilines is 1. The molecule has 4 rings (SSSR count). The van der Waals surface area contributed by atoms with Gasteiger partial charge in [0.2, 0.25) is 11.6 Å². The molecule has 164 valence electrons. The maximum Gasteiger partial charge on any atom is 0.416 e. The summed E-state index contributed by atoms with van der Waals surface area (Å²) >= 11 is 5.69. The van der Waals surface area contributed by atoms with E-state index in [-0.39, 0.29) is 11.6 Å². The predicted molar refractivity (Wildman–Crippen MR) is 101 cm³/mol. The average molecular weight is 458 g/mol. The van der Waals surface area contributed by atoms with Crippen LogP contribution in [0.4, 0.5) is 23.4 Å². The zero-order valence-corrected chi connectivity index (χ0v) is 16.6. The Morgan fingerprint density at radius 3 is 2.39 bits per heavy atom. The van der Waals surface area contributed by atoms with E-state index in [4.69, 9.17) is 11.6 Å². The van der Waals surface area contributed by atoms with E-state index in [2.05, 4.69) is 4.98 Å². The molecule has 6 nitrogen and oxygen atoms in total. The van der Waals surface area contributed by atoms with Crippen molar-refractivity contribution in [2.45, 2.75) is 31.3 Å². The molecule has 2 aromatic rings. The SMILES string of the molecule is O=C1CN(c2ncc(Cl)cc2F)C(=O)[C@@](O)(C2CC2)N1Cc1ccc(C(F)(F)F)cc1. The number of nitrogens with zero attached hydrogens (tertiary/aromatic N) is 3. The molecule has 1 aliphatic carbocycles. The number of carbonyl (C=O) groups excluding carboxylic acids is 2. The number of aliphatic hydroxyl groups is 1. The van der Waals surface area contributed by atoms with Gasteiger partial charge in [-0.25, -0.2) is 9.37 Å². The van der Waals surface area contributed by atoms with E-state index in [1.165, 1.54) is 12.1 Å². The molecule has 1 saturated carbocycles. The van der Waals surface area contributed by atoms with Crippen LogP contribution in [0.2, 0.25) is 5.02 Å². The van der Waals surface area contributed by atoms with Crippen LogP contribution in [0, 0.1) is 11.7 Å². The van der Waals surface area contributed by atoms with Gasteiger partial charge < -0.3 is 10.0 Å². The summed E-state index contributed by atoms with van der Waals surface area (Å²) in [5, 5.41) is 11.3. The molecule has 2 aliphatic rings. The highest BCUT2D eigenvalue weighted by Gasteiger charge is 2.60. The van der Waals surface area contributed by atoms with Crippen LogP contribution in [0.1, 0.15) is 24.0 Å². The van der Waals surface area contributed by atoms with E-state index < -0.39 is 53.4 Å². The topological polar surface area (TPSA) is 73.7 Å². The summed E-state index contributed by atoms with van der Waals surface area (Å²) in [6, 6.07) is 5.02. The lowest BCUT2D eigenvalue weighted by molar-refractivity contribution is -0.184. The highest BCUT2D eigenvalue weighted by atomic mass is 35.5. The van der Waals surface area contributed by atoms with Gasteiger partial charge in [-0.05, 0) is 36.6 Å². The van der Waals surface area contributed by atoms with E-state index in [0.29, 0.717) is 18.4 Å². The third kappa shape index (κ3) is 3.85. The molecule has 0 bridgehead atoms. The molecular weight excluding hydrogens is 442 g/mol. The molecule has 31 heavy (non-hydrogen) atoms. The van der Waals surface area contributed by atoms with Crippen LogP contribution in [0.5, 0.6) is 0 Å². The predicted octanol–water partition coefficient (Wildman–Crippen LogP) is 3.37. The molecule has 0 radical (unpaired) electrons. The van der Waals surface area contributed by atoms with E-state index in [1.54, 1.807) is 0 Å². The Hall–Kier alpha value is -2.72. The van der Waals surface area contributed by atoms with Crippen LogP contribution >= 0.6 is 11.6 Å². The quantitative estimate of drug-likeness (QED) is 0.714. The number of benzene rings is 1.